The fourth-order valence-corrected chi connectivity index (χ4v) is 4.73. The Hall–Kier alpha value is -3.66. The monoisotopic (exact) mass is 434 g/mol. The predicted octanol–water partition coefficient (Wildman–Crippen LogP) is 6.30. The van der Waals surface area contributed by atoms with Gasteiger partial charge in [0.1, 0.15) is 11.7 Å². The maximum Gasteiger partial charge on any atom is 0.133 e. The second-order valence-electron chi connectivity index (χ2n) is 8.69. The number of para-hydroxylation sites is 1. The van der Waals surface area contributed by atoms with E-state index < -0.39 is 0 Å². The van der Waals surface area contributed by atoms with Crippen LogP contribution in [0.25, 0.3) is 22.7 Å². The summed E-state index contributed by atoms with van der Waals surface area (Å²) in [6.45, 7) is 11.7. The van der Waals surface area contributed by atoms with Gasteiger partial charge >= 0.3 is 0 Å². The summed E-state index contributed by atoms with van der Waals surface area (Å²) in [6.07, 6.45) is 10.7. The van der Waals surface area contributed by atoms with Gasteiger partial charge in [-0.15, -0.1) is 0 Å². The number of aromatic nitrogens is 2. The van der Waals surface area contributed by atoms with E-state index >= 15 is 0 Å². The molecule has 5 rings (SSSR count). The van der Waals surface area contributed by atoms with Crippen molar-refractivity contribution in [3.05, 3.63) is 102 Å². The lowest BCUT2D eigenvalue weighted by Gasteiger charge is -2.18. The summed E-state index contributed by atoms with van der Waals surface area (Å²) in [7, 11) is 0. The molecule has 1 aliphatic heterocycles. The third-order valence-corrected chi connectivity index (χ3v) is 6.31. The van der Waals surface area contributed by atoms with E-state index in [1.165, 1.54) is 27.8 Å². The molecular formula is C29H30N4. The lowest BCUT2D eigenvalue weighted by Crippen LogP contribution is -2.20. The number of aliphatic imine (C=N–C) groups is 1. The van der Waals surface area contributed by atoms with Crippen LogP contribution in [-0.2, 0) is 13.0 Å². The minimum atomic E-state index is 0.657. The first-order chi connectivity index (χ1) is 16.2. The number of hydrogen-bond donors (Lipinski definition) is 1. The lowest BCUT2D eigenvalue weighted by molar-refractivity contribution is 0.721. The number of imidazole rings is 1. The van der Waals surface area contributed by atoms with Crippen LogP contribution in [0.1, 0.15) is 48.7 Å². The van der Waals surface area contributed by atoms with Gasteiger partial charge < -0.3 is 9.88 Å². The smallest absolute Gasteiger partial charge is 0.133 e. The summed E-state index contributed by atoms with van der Waals surface area (Å²) in [4.78, 5) is 9.56. The van der Waals surface area contributed by atoms with Crippen LogP contribution in [0.2, 0.25) is 0 Å². The van der Waals surface area contributed by atoms with E-state index in [4.69, 9.17) is 4.98 Å². The molecule has 2 aromatic carbocycles. The number of hydrogen-bond acceptors (Lipinski definition) is 3. The van der Waals surface area contributed by atoms with E-state index in [0.29, 0.717) is 6.54 Å². The highest BCUT2D eigenvalue weighted by molar-refractivity contribution is 6.13. The Bertz CT molecular complexity index is 1320. The van der Waals surface area contributed by atoms with Gasteiger partial charge in [0.05, 0.1) is 17.6 Å². The van der Waals surface area contributed by atoms with Gasteiger partial charge in [0.15, 0.2) is 0 Å². The molecule has 166 valence electrons. The number of nitrogens with one attached hydrogen (secondary N) is 1. The van der Waals surface area contributed by atoms with Crippen molar-refractivity contribution >= 4 is 28.5 Å². The number of rotatable bonds is 7. The fraction of sp³-hybridized carbons (Fsp3) is 0.241. The second kappa shape index (κ2) is 9.07. The first-order valence-corrected chi connectivity index (χ1v) is 11.8. The maximum absolute atomic E-state index is 4.93. The Balaban J connectivity index is 1.45. The zero-order valence-corrected chi connectivity index (χ0v) is 19.3. The van der Waals surface area contributed by atoms with Crippen molar-refractivity contribution in [2.24, 2.45) is 4.99 Å². The first-order valence-electron chi connectivity index (χ1n) is 11.8. The minimum Gasteiger partial charge on any atom is -0.342 e. The third-order valence-electron chi connectivity index (χ3n) is 6.31. The van der Waals surface area contributed by atoms with Crippen LogP contribution in [0, 0.1) is 0 Å². The number of amidine groups is 1. The SMILES string of the molecule is C=Cc1cccc2nc(CCC)n(Cc3ccc(C4=CCCC=C4C4=NCC(=C)N4)cc3)c12. The highest BCUT2D eigenvalue weighted by Gasteiger charge is 2.20. The van der Waals surface area contributed by atoms with Crippen LogP contribution in [0.4, 0.5) is 0 Å². The molecule has 0 amide bonds. The van der Waals surface area contributed by atoms with E-state index in [-0.39, 0.29) is 0 Å². The number of allylic oxidation sites excluding steroid dienone is 2. The number of nitrogens with zero attached hydrogens (tertiary/aromatic N) is 3. The van der Waals surface area contributed by atoms with Crippen molar-refractivity contribution in [2.45, 2.75) is 39.2 Å². The molecule has 1 aromatic heterocycles. The van der Waals surface area contributed by atoms with E-state index in [1.54, 1.807) is 0 Å². The number of fused-ring (bicyclic) bond motifs is 1. The van der Waals surface area contributed by atoms with E-state index in [2.05, 4.69) is 89.6 Å². The molecule has 2 aliphatic rings. The van der Waals surface area contributed by atoms with E-state index in [1.807, 2.05) is 6.08 Å². The summed E-state index contributed by atoms with van der Waals surface area (Å²) in [5.41, 5.74) is 9.24. The summed E-state index contributed by atoms with van der Waals surface area (Å²) >= 11 is 0. The molecule has 0 fully saturated rings. The second-order valence-corrected chi connectivity index (χ2v) is 8.69. The Kier molecular flexibility index (Phi) is 5.82. The normalized spacial score (nSPS) is 15.8. The highest BCUT2D eigenvalue weighted by Crippen LogP contribution is 2.31. The third kappa shape index (κ3) is 4.09. The maximum atomic E-state index is 4.93. The molecule has 1 N–H and O–H groups in total. The van der Waals surface area contributed by atoms with Gasteiger partial charge in [0.2, 0.25) is 0 Å². The van der Waals surface area contributed by atoms with Crippen molar-refractivity contribution in [2.75, 3.05) is 6.54 Å². The predicted molar refractivity (Wildman–Crippen MR) is 139 cm³/mol. The van der Waals surface area contributed by atoms with Gasteiger partial charge in [-0.2, -0.15) is 0 Å². The van der Waals surface area contributed by atoms with Crippen molar-refractivity contribution < 1.29 is 0 Å². The fourth-order valence-electron chi connectivity index (χ4n) is 4.73. The summed E-state index contributed by atoms with van der Waals surface area (Å²) in [5.74, 6) is 2.08. The van der Waals surface area contributed by atoms with Gasteiger partial charge in [-0.05, 0) is 47.6 Å². The van der Waals surface area contributed by atoms with Crippen LogP contribution in [0.3, 0.4) is 0 Å². The Morgan fingerprint density at radius 1 is 1.06 bits per heavy atom. The first kappa shape index (κ1) is 21.2. The van der Waals surface area contributed by atoms with Crippen molar-refractivity contribution in [1.29, 1.82) is 0 Å². The average molecular weight is 435 g/mol. The van der Waals surface area contributed by atoms with Crippen molar-refractivity contribution in [3.63, 3.8) is 0 Å². The van der Waals surface area contributed by atoms with E-state index in [0.717, 1.165) is 60.7 Å². The summed E-state index contributed by atoms with van der Waals surface area (Å²) in [5, 5.41) is 3.34. The van der Waals surface area contributed by atoms with Crippen LogP contribution in [-0.4, -0.2) is 21.9 Å². The van der Waals surface area contributed by atoms with Crippen LogP contribution in [0.15, 0.2) is 84.0 Å². The highest BCUT2D eigenvalue weighted by atomic mass is 15.1. The molecule has 0 spiro atoms. The molecule has 2 heterocycles. The average Bonchev–Trinajstić information content (AvgIpc) is 3.43. The summed E-state index contributed by atoms with van der Waals surface area (Å²) in [6, 6.07) is 15.2. The van der Waals surface area contributed by atoms with Crippen LogP contribution < -0.4 is 5.32 Å². The largest absolute Gasteiger partial charge is 0.342 e. The van der Waals surface area contributed by atoms with Gasteiger partial charge in [0.25, 0.3) is 0 Å². The Labute approximate surface area is 195 Å². The van der Waals surface area contributed by atoms with Crippen LogP contribution in [0.5, 0.6) is 0 Å². The van der Waals surface area contributed by atoms with Crippen molar-refractivity contribution in [3.8, 4) is 0 Å². The number of benzene rings is 2. The Morgan fingerprint density at radius 3 is 2.55 bits per heavy atom. The molecular weight excluding hydrogens is 404 g/mol. The molecule has 0 unspecified atom stereocenters. The standard InChI is InChI=1S/C29H30N4/c1-4-9-27-32-26-13-8-10-22(5-2)28(26)33(27)19-21-14-16-23(17-15-21)24-11-6-7-12-25(24)29-30-18-20(3)31-29/h5,8,10-17H,2-4,6-7,9,18-19H2,1H3,(H,30,31). The van der Waals surface area contributed by atoms with Gasteiger partial charge in [0, 0.05) is 24.2 Å². The molecule has 33 heavy (non-hydrogen) atoms. The molecule has 0 radical (unpaired) electrons. The molecule has 1 aliphatic carbocycles. The summed E-state index contributed by atoms with van der Waals surface area (Å²) < 4.78 is 2.36. The zero-order valence-electron chi connectivity index (χ0n) is 19.3. The molecule has 4 nitrogen and oxygen atoms in total. The molecule has 0 saturated heterocycles. The molecule has 4 heteroatoms. The number of aryl methyl sites for hydroxylation is 1. The van der Waals surface area contributed by atoms with Gasteiger partial charge in [-0.1, -0.05) is 74.7 Å². The Morgan fingerprint density at radius 2 is 1.85 bits per heavy atom. The minimum absolute atomic E-state index is 0.657. The molecule has 0 saturated carbocycles. The molecule has 0 atom stereocenters. The van der Waals surface area contributed by atoms with Crippen LogP contribution >= 0.6 is 0 Å². The molecule has 3 aromatic rings. The zero-order chi connectivity index (χ0) is 22.8. The molecule has 0 bridgehead atoms. The topological polar surface area (TPSA) is 42.2 Å². The van der Waals surface area contributed by atoms with E-state index in [9.17, 15) is 0 Å². The van der Waals surface area contributed by atoms with Gasteiger partial charge in [-0.25, -0.2) is 4.98 Å². The van der Waals surface area contributed by atoms with Crippen molar-refractivity contribution in [1.82, 2.24) is 14.9 Å². The quantitative estimate of drug-likeness (QED) is 0.474. The van der Waals surface area contributed by atoms with Gasteiger partial charge in [-0.3, -0.25) is 4.99 Å². The lowest BCUT2D eigenvalue weighted by atomic mass is 9.90.